The maximum Gasteiger partial charge on any atom is 0.416 e. The molecule has 6 heteroatoms. The number of carbonyl (C=O) groups excluding carboxylic acids is 1. The molecular formula is C11H12F3NO2. The van der Waals surface area contributed by atoms with Crippen molar-refractivity contribution in [2.75, 3.05) is 0 Å². The van der Waals surface area contributed by atoms with Crippen molar-refractivity contribution >= 4 is 5.97 Å². The Morgan fingerprint density at radius 1 is 1.29 bits per heavy atom. The Balaban J connectivity index is 2.68. The molecule has 1 aromatic rings. The molecule has 3 nitrogen and oxygen atoms in total. The third-order valence-corrected chi connectivity index (χ3v) is 2.28. The smallest absolute Gasteiger partial charge is 0.373 e. The fourth-order valence-electron chi connectivity index (χ4n) is 1.50. The molecule has 0 aromatic heterocycles. The van der Waals surface area contributed by atoms with Crippen molar-refractivity contribution in [3.63, 3.8) is 0 Å². The molecule has 0 saturated heterocycles. The first-order chi connectivity index (χ1) is 7.95. The fourth-order valence-corrected chi connectivity index (χ4v) is 1.50. The average molecular weight is 247 g/mol. The Morgan fingerprint density at radius 2 is 1.94 bits per heavy atom. The molecule has 0 heterocycles. The SMILES string of the molecule is NOC(=O)CCCc1ccccc1C(F)(F)F. The van der Waals surface area contributed by atoms with Gasteiger partial charge in [-0.3, -0.25) is 4.79 Å². The summed E-state index contributed by atoms with van der Waals surface area (Å²) in [5, 5.41) is 0. The summed E-state index contributed by atoms with van der Waals surface area (Å²) in [6, 6.07) is 5.29. The molecule has 0 spiro atoms. The molecule has 0 atom stereocenters. The van der Waals surface area contributed by atoms with E-state index in [2.05, 4.69) is 10.7 Å². The zero-order valence-electron chi connectivity index (χ0n) is 8.96. The van der Waals surface area contributed by atoms with Crippen molar-refractivity contribution in [2.45, 2.75) is 25.4 Å². The maximum absolute atomic E-state index is 12.6. The van der Waals surface area contributed by atoms with E-state index in [1.54, 1.807) is 0 Å². The lowest BCUT2D eigenvalue weighted by Gasteiger charge is -2.11. The van der Waals surface area contributed by atoms with Gasteiger partial charge in [0.1, 0.15) is 0 Å². The van der Waals surface area contributed by atoms with Crippen molar-refractivity contribution < 1.29 is 22.8 Å². The molecule has 0 saturated carbocycles. The zero-order chi connectivity index (χ0) is 12.9. The molecule has 0 aliphatic rings. The minimum atomic E-state index is -4.37. The van der Waals surface area contributed by atoms with Crippen LogP contribution in [0.15, 0.2) is 24.3 Å². The van der Waals surface area contributed by atoms with Crippen molar-refractivity contribution in [2.24, 2.45) is 5.90 Å². The first-order valence-electron chi connectivity index (χ1n) is 5.00. The second-order valence-electron chi connectivity index (χ2n) is 3.50. The summed E-state index contributed by atoms with van der Waals surface area (Å²) in [7, 11) is 0. The van der Waals surface area contributed by atoms with Gasteiger partial charge in [0.15, 0.2) is 0 Å². The molecule has 0 bridgehead atoms. The van der Waals surface area contributed by atoms with Crippen LogP contribution in [0, 0.1) is 0 Å². The van der Waals surface area contributed by atoms with Gasteiger partial charge in [0.2, 0.25) is 0 Å². The van der Waals surface area contributed by atoms with Crippen molar-refractivity contribution in [3.8, 4) is 0 Å². The molecule has 0 fully saturated rings. The van der Waals surface area contributed by atoms with Gasteiger partial charge < -0.3 is 4.84 Å². The number of aryl methyl sites for hydroxylation is 1. The van der Waals surface area contributed by atoms with Gasteiger partial charge in [0.05, 0.1) is 5.56 Å². The van der Waals surface area contributed by atoms with Gasteiger partial charge in [0, 0.05) is 6.42 Å². The van der Waals surface area contributed by atoms with E-state index in [4.69, 9.17) is 0 Å². The third-order valence-electron chi connectivity index (χ3n) is 2.28. The van der Waals surface area contributed by atoms with Gasteiger partial charge in [-0.1, -0.05) is 18.2 Å². The van der Waals surface area contributed by atoms with Crippen LogP contribution in [0.2, 0.25) is 0 Å². The van der Waals surface area contributed by atoms with Gasteiger partial charge in [-0.05, 0) is 24.5 Å². The van der Waals surface area contributed by atoms with Crippen LogP contribution in [-0.4, -0.2) is 5.97 Å². The van der Waals surface area contributed by atoms with Gasteiger partial charge in [-0.2, -0.15) is 19.1 Å². The van der Waals surface area contributed by atoms with Gasteiger partial charge in [-0.25, -0.2) is 0 Å². The highest BCUT2D eigenvalue weighted by atomic mass is 19.4. The lowest BCUT2D eigenvalue weighted by Crippen LogP contribution is -2.11. The van der Waals surface area contributed by atoms with Crippen LogP contribution in [0.3, 0.4) is 0 Å². The van der Waals surface area contributed by atoms with Gasteiger partial charge in [-0.15, -0.1) is 0 Å². The fraction of sp³-hybridized carbons (Fsp3) is 0.364. The Hall–Kier alpha value is -1.56. The molecule has 0 amide bonds. The number of halogens is 3. The molecule has 0 aliphatic carbocycles. The molecule has 0 radical (unpaired) electrons. The Morgan fingerprint density at radius 3 is 2.53 bits per heavy atom. The molecule has 2 N–H and O–H groups in total. The van der Waals surface area contributed by atoms with E-state index in [1.165, 1.54) is 18.2 Å². The van der Waals surface area contributed by atoms with Gasteiger partial charge >= 0.3 is 12.1 Å². The summed E-state index contributed by atoms with van der Waals surface area (Å²) in [4.78, 5) is 14.6. The lowest BCUT2D eigenvalue weighted by atomic mass is 10.0. The van der Waals surface area contributed by atoms with E-state index in [0.29, 0.717) is 0 Å². The highest BCUT2D eigenvalue weighted by Crippen LogP contribution is 2.32. The summed E-state index contributed by atoms with van der Waals surface area (Å²) in [5.74, 6) is 3.99. The number of nitrogens with two attached hydrogens (primary N) is 1. The third kappa shape index (κ3) is 4.07. The number of carbonyl (C=O) groups is 1. The predicted octanol–water partition coefficient (Wildman–Crippen LogP) is 2.45. The van der Waals surface area contributed by atoms with E-state index >= 15 is 0 Å². The monoisotopic (exact) mass is 247 g/mol. The number of benzene rings is 1. The molecule has 0 unspecified atom stereocenters. The summed E-state index contributed by atoms with van der Waals surface area (Å²) >= 11 is 0. The summed E-state index contributed by atoms with van der Waals surface area (Å²) in [6.45, 7) is 0. The van der Waals surface area contributed by atoms with Crippen LogP contribution in [0.25, 0.3) is 0 Å². The van der Waals surface area contributed by atoms with Gasteiger partial charge in [0.25, 0.3) is 0 Å². The first-order valence-corrected chi connectivity index (χ1v) is 5.00. The van der Waals surface area contributed by atoms with Crippen LogP contribution in [0.4, 0.5) is 13.2 Å². The van der Waals surface area contributed by atoms with Crippen LogP contribution < -0.4 is 5.90 Å². The van der Waals surface area contributed by atoms with Crippen LogP contribution >= 0.6 is 0 Å². The lowest BCUT2D eigenvalue weighted by molar-refractivity contribution is -0.144. The summed E-state index contributed by atoms with van der Waals surface area (Å²) in [5.41, 5.74) is -0.495. The van der Waals surface area contributed by atoms with E-state index in [0.717, 1.165) is 6.07 Å². The Bertz CT molecular complexity index is 391. The second kappa shape index (κ2) is 5.67. The molecule has 94 valence electrons. The minimum absolute atomic E-state index is 0.00267. The number of hydrogen-bond donors (Lipinski definition) is 1. The molecular weight excluding hydrogens is 235 g/mol. The topological polar surface area (TPSA) is 52.3 Å². The van der Waals surface area contributed by atoms with Crippen LogP contribution in [0.1, 0.15) is 24.0 Å². The largest absolute Gasteiger partial charge is 0.416 e. The van der Waals surface area contributed by atoms with Crippen LogP contribution in [0.5, 0.6) is 0 Å². The standard InChI is InChI=1S/C11H12F3NO2/c12-11(13,14)9-6-2-1-4-8(9)5-3-7-10(16)17-15/h1-2,4,6H,3,5,7,15H2. The van der Waals surface area contributed by atoms with E-state index in [-0.39, 0.29) is 24.8 Å². The maximum atomic E-state index is 12.6. The first kappa shape index (κ1) is 13.5. The predicted molar refractivity (Wildman–Crippen MR) is 54.7 cm³/mol. The Kier molecular flexibility index (Phi) is 4.51. The Labute approximate surface area is 96.3 Å². The van der Waals surface area contributed by atoms with Crippen molar-refractivity contribution in [1.82, 2.24) is 0 Å². The normalized spacial score (nSPS) is 11.3. The average Bonchev–Trinajstić information content (AvgIpc) is 2.28. The minimum Gasteiger partial charge on any atom is -0.373 e. The molecule has 1 aromatic carbocycles. The quantitative estimate of drug-likeness (QED) is 0.831. The number of rotatable bonds is 4. The molecule has 1 rings (SSSR count). The number of alkyl halides is 3. The van der Waals surface area contributed by atoms with Crippen molar-refractivity contribution in [1.29, 1.82) is 0 Å². The van der Waals surface area contributed by atoms with E-state index in [9.17, 15) is 18.0 Å². The van der Waals surface area contributed by atoms with E-state index in [1.807, 2.05) is 0 Å². The molecule has 0 aliphatic heterocycles. The van der Waals surface area contributed by atoms with Crippen LogP contribution in [-0.2, 0) is 22.2 Å². The highest BCUT2D eigenvalue weighted by Gasteiger charge is 2.32. The number of hydrogen-bond acceptors (Lipinski definition) is 3. The second-order valence-corrected chi connectivity index (χ2v) is 3.50. The van der Waals surface area contributed by atoms with E-state index < -0.39 is 17.7 Å². The molecule has 17 heavy (non-hydrogen) atoms. The highest BCUT2D eigenvalue weighted by molar-refractivity contribution is 5.68. The zero-order valence-corrected chi connectivity index (χ0v) is 8.96. The van der Waals surface area contributed by atoms with Crippen molar-refractivity contribution in [3.05, 3.63) is 35.4 Å². The summed E-state index contributed by atoms with van der Waals surface area (Å²) in [6.07, 6.45) is -3.94. The summed E-state index contributed by atoms with van der Waals surface area (Å²) < 4.78 is 37.8.